The maximum absolute atomic E-state index is 11.5. The van der Waals surface area contributed by atoms with E-state index in [1.165, 1.54) is 5.56 Å². The van der Waals surface area contributed by atoms with Gasteiger partial charge in [0, 0.05) is 39.8 Å². The zero-order valence-corrected chi connectivity index (χ0v) is 12.3. The van der Waals surface area contributed by atoms with Crippen molar-refractivity contribution >= 4 is 5.91 Å². The monoisotopic (exact) mass is 280 g/mol. The normalized spacial score (nSPS) is 10.3. The molecule has 0 aliphatic carbocycles. The fourth-order valence-electron chi connectivity index (χ4n) is 1.71. The van der Waals surface area contributed by atoms with E-state index in [0.29, 0.717) is 26.1 Å². The summed E-state index contributed by atoms with van der Waals surface area (Å²) < 4.78 is 10.0. The van der Waals surface area contributed by atoms with E-state index in [9.17, 15) is 4.79 Å². The van der Waals surface area contributed by atoms with E-state index < -0.39 is 0 Å². The Bertz CT molecular complexity index is 379. The van der Waals surface area contributed by atoms with E-state index in [4.69, 9.17) is 9.47 Å². The molecule has 0 aliphatic rings. The highest BCUT2D eigenvalue weighted by atomic mass is 16.5. The van der Waals surface area contributed by atoms with Crippen molar-refractivity contribution in [3.63, 3.8) is 0 Å². The molecular weight excluding hydrogens is 256 g/mol. The Morgan fingerprint density at radius 1 is 1.15 bits per heavy atom. The molecule has 0 saturated carbocycles. The zero-order chi connectivity index (χ0) is 14.6. The molecule has 5 heteroatoms. The number of nitrogens with one attached hydrogen (secondary N) is 2. The minimum Gasteiger partial charge on any atom is -0.497 e. The van der Waals surface area contributed by atoms with Crippen molar-refractivity contribution in [3.8, 4) is 5.75 Å². The van der Waals surface area contributed by atoms with Gasteiger partial charge in [0.1, 0.15) is 5.75 Å². The standard InChI is InChI=1S/C15H24N2O3/c1-19-11-3-9-17-15(18)8-10-16-12-13-4-6-14(20-2)7-5-13/h4-7,16H,3,8-12H2,1-2H3,(H,17,18). The molecule has 0 radical (unpaired) electrons. The molecule has 0 bridgehead atoms. The Morgan fingerprint density at radius 2 is 1.90 bits per heavy atom. The van der Waals surface area contributed by atoms with Crippen LogP contribution in [0.25, 0.3) is 0 Å². The molecule has 2 N–H and O–H groups in total. The number of benzene rings is 1. The SMILES string of the molecule is COCCCNC(=O)CCNCc1ccc(OC)cc1. The first-order chi connectivity index (χ1) is 9.76. The molecule has 1 amide bonds. The second-order valence-corrected chi connectivity index (χ2v) is 4.47. The summed E-state index contributed by atoms with van der Waals surface area (Å²) in [6, 6.07) is 7.88. The van der Waals surface area contributed by atoms with Gasteiger partial charge in [-0.3, -0.25) is 4.79 Å². The molecule has 112 valence electrons. The Balaban J connectivity index is 2.07. The zero-order valence-electron chi connectivity index (χ0n) is 12.3. The molecule has 0 fully saturated rings. The van der Waals surface area contributed by atoms with Crippen molar-refractivity contribution < 1.29 is 14.3 Å². The van der Waals surface area contributed by atoms with Crippen LogP contribution < -0.4 is 15.4 Å². The molecule has 5 nitrogen and oxygen atoms in total. The summed E-state index contributed by atoms with van der Waals surface area (Å²) in [6.45, 7) is 2.77. The first kappa shape index (κ1) is 16.5. The highest BCUT2D eigenvalue weighted by Crippen LogP contribution is 2.10. The summed E-state index contributed by atoms with van der Waals surface area (Å²) in [4.78, 5) is 11.5. The van der Waals surface area contributed by atoms with Crippen LogP contribution in [0.2, 0.25) is 0 Å². The molecule has 1 rings (SSSR count). The molecule has 0 aromatic heterocycles. The third-order valence-electron chi connectivity index (χ3n) is 2.86. The quantitative estimate of drug-likeness (QED) is 0.635. The minimum atomic E-state index is 0.0725. The van der Waals surface area contributed by atoms with Gasteiger partial charge >= 0.3 is 0 Å². The summed E-state index contributed by atoms with van der Waals surface area (Å²) in [5.41, 5.74) is 1.17. The lowest BCUT2D eigenvalue weighted by Crippen LogP contribution is -2.28. The number of carbonyl (C=O) groups is 1. The maximum Gasteiger partial charge on any atom is 0.221 e. The average molecular weight is 280 g/mol. The second-order valence-electron chi connectivity index (χ2n) is 4.47. The maximum atomic E-state index is 11.5. The largest absolute Gasteiger partial charge is 0.497 e. The van der Waals surface area contributed by atoms with Gasteiger partial charge in [-0.15, -0.1) is 0 Å². The van der Waals surface area contributed by atoms with E-state index in [0.717, 1.165) is 18.7 Å². The predicted octanol–water partition coefficient (Wildman–Crippen LogP) is 1.33. The smallest absolute Gasteiger partial charge is 0.221 e. The van der Waals surface area contributed by atoms with E-state index in [-0.39, 0.29) is 5.91 Å². The summed E-state index contributed by atoms with van der Waals surface area (Å²) in [6.07, 6.45) is 1.34. The van der Waals surface area contributed by atoms with E-state index in [2.05, 4.69) is 10.6 Å². The van der Waals surface area contributed by atoms with Crippen molar-refractivity contribution in [3.05, 3.63) is 29.8 Å². The highest BCUT2D eigenvalue weighted by molar-refractivity contribution is 5.75. The third-order valence-corrected chi connectivity index (χ3v) is 2.86. The van der Waals surface area contributed by atoms with Gasteiger partial charge in [-0.1, -0.05) is 12.1 Å². The lowest BCUT2D eigenvalue weighted by molar-refractivity contribution is -0.121. The Kier molecular flexibility index (Phi) is 8.42. The molecule has 0 heterocycles. The van der Waals surface area contributed by atoms with Crippen LogP contribution in [-0.2, 0) is 16.1 Å². The van der Waals surface area contributed by atoms with Crippen LogP contribution in [0.15, 0.2) is 24.3 Å². The Morgan fingerprint density at radius 3 is 2.55 bits per heavy atom. The summed E-state index contributed by atoms with van der Waals surface area (Å²) in [5.74, 6) is 0.924. The predicted molar refractivity (Wildman–Crippen MR) is 78.8 cm³/mol. The number of hydrogen-bond acceptors (Lipinski definition) is 4. The van der Waals surface area contributed by atoms with Crippen LogP contribution >= 0.6 is 0 Å². The van der Waals surface area contributed by atoms with Crippen molar-refractivity contribution in [2.24, 2.45) is 0 Å². The van der Waals surface area contributed by atoms with Gasteiger partial charge in [0.15, 0.2) is 0 Å². The average Bonchev–Trinajstić information content (AvgIpc) is 2.49. The highest BCUT2D eigenvalue weighted by Gasteiger charge is 2.00. The minimum absolute atomic E-state index is 0.0725. The van der Waals surface area contributed by atoms with Crippen LogP contribution in [-0.4, -0.2) is 39.8 Å². The van der Waals surface area contributed by atoms with E-state index in [1.54, 1.807) is 14.2 Å². The number of rotatable bonds is 10. The second kappa shape index (κ2) is 10.2. The van der Waals surface area contributed by atoms with Crippen LogP contribution in [0.4, 0.5) is 0 Å². The lowest BCUT2D eigenvalue weighted by Gasteiger charge is -2.07. The van der Waals surface area contributed by atoms with Crippen LogP contribution in [0.3, 0.4) is 0 Å². The summed E-state index contributed by atoms with van der Waals surface area (Å²) in [5, 5.41) is 6.10. The number of amides is 1. The van der Waals surface area contributed by atoms with Crippen LogP contribution in [0.1, 0.15) is 18.4 Å². The number of methoxy groups -OCH3 is 2. The van der Waals surface area contributed by atoms with Crippen molar-refractivity contribution in [2.45, 2.75) is 19.4 Å². The number of carbonyl (C=O) groups excluding carboxylic acids is 1. The summed E-state index contributed by atoms with van der Waals surface area (Å²) in [7, 11) is 3.31. The topological polar surface area (TPSA) is 59.6 Å². The molecule has 0 aliphatic heterocycles. The van der Waals surface area contributed by atoms with Crippen molar-refractivity contribution in [1.29, 1.82) is 0 Å². The molecule has 0 unspecified atom stereocenters. The fourth-order valence-corrected chi connectivity index (χ4v) is 1.71. The van der Waals surface area contributed by atoms with Crippen molar-refractivity contribution in [1.82, 2.24) is 10.6 Å². The van der Waals surface area contributed by atoms with Crippen LogP contribution in [0.5, 0.6) is 5.75 Å². The Hall–Kier alpha value is -1.59. The van der Waals surface area contributed by atoms with Crippen LogP contribution in [0, 0.1) is 0 Å². The van der Waals surface area contributed by atoms with Gasteiger partial charge in [0.25, 0.3) is 0 Å². The van der Waals surface area contributed by atoms with E-state index >= 15 is 0 Å². The first-order valence-electron chi connectivity index (χ1n) is 6.85. The van der Waals surface area contributed by atoms with Crippen molar-refractivity contribution in [2.75, 3.05) is 33.9 Å². The van der Waals surface area contributed by atoms with E-state index in [1.807, 2.05) is 24.3 Å². The van der Waals surface area contributed by atoms with Gasteiger partial charge in [-0.2, -0.15) is 0 Å². The number of hydrogen-bond donors (Lipinski definition) is 2. The molecule has 20 heavy (non-hydrogen) atoms. The summed E-state index contributed by atoms with van der Waals surface area (Å²) >= 11 is 0. The number of ether oxygens (including phenoxy) is 2. The third kappa shape index (κ3) is 7.11. The van der Waals surface area contributed by atoms with Gasteiger partial charge in [0.2, 0.25) is 5.91 Å². The van der Waals surface area contributed by atoms with Gasteiger partial charge < -0.3 is 20.1 Å². The molecule has 1 aromatic carbocycles. The molecular formula is C15H24N2O3. The molecule has 1 aromatic rings. The molecule has 0 spiro atoms. The van der Waals surface area contributed by atoms with Gasteiger partial charge in [-0.05, 0) is 24.1 Å². The molecule has 0 atom stereocenters. The first-order valence-corrected chi connectivity index (χ1v) is 6.85. The molecule has 0 saturated heterocycles. The van der Waals surface area contributed by atoms with Gasteiger partial charge in [0.05, 0.1) is 7.11 Å². The lowest BCUT2D eigenvalue weighted by atomic mass is 10.2. The Labute approximate surface area is 120 Å². The van der Waals surface area contributed by atoms with Gasteiger partial charge in [-0.25, -0.2) is 0 Å². The fraction of sp³-hybridized carbons (Fsp3) is 0.533.